The summed E-state index contributed by atoms with van der Waals surface area (Å²) in [6.07, 6.45) is 8.85. The van der Waals surface area contributed by atoms with Gasteiger partial charge in [-0.3, -0.25) is 4.79 Å². The molecule has 1 saturated carbocycles. The molecule has 1 nitrogen and oxygen atoms in total. The molecule has 0 bridgehead atoms. The predicted molar refractivity (Wildman–Crippen MR) is 68.0 cm³/mol. The number of hydrogen-bond donors (Lipinski definition) is 0. The summed E-state index contributed by atoms with van der Waals surface area (Å²) in [6.45, 7) is 4.08. The van der Waals surface area contributed by atoms with E-state index in [9.17, 15) is 4.79 Å². The van der Waals surface area contributed by atoms with Crippen molar-refractivity contribution < 1.29 is 4.79 Å². The van der Waals surface area contributed by atoms with Gasteiger partial charge in [0.25, 0.3) is 0 Å². The number of rotatable bonds is 5. The highest BCUT2D eigenvalue weighted by atomic mass is 16.1. The molecule has 0 aliphatic heterocycles. The molecule has 0 unspecified atom stereocenters. The molecule has 1 heteroatoms. The monoisotopic (exact) mass is 220 g/mol. The molecule has 16 heavy (non-hydrogen) atoms. The first-order valence-corrected chi connectivity index (χ1v) is 6.70. The molecule has 90 valence electrons. The third-order valence-corrected chi connectivity index (χ3v) is 3.67. The molecule has 0 radical (unpaired) electrons. The van der Waals surface area contributed by atoms with Crippen molar-refractivity contribution in [2.75, 3.05) is 0 Å². The third-order valence-electron chi connectivity index (χ3n) is 3.67. The second-order valence-electron chi connectivity index (χ2n) is 4.90. The van der Waals surface area contributed by atoms with Gasteiger partial charge in [0, 0.05) is 18.8 Å². The van der Waals surface area contributed by atoms with Crippen LogP contribution in [-0.2, 0) is 4.79 Å². The molecule has 0 N–H and O–H groups in total. The van der Waals surface area contributed by atoms with Crippen molar-refractivity contribution in [1.29, 1.82) is 0 Å². The summed E-state index contributed by atoms with van der Waals surface area (Å²) in [7, 11) is 0. The maximum atomic E-state index is 11.9. The first kappa shape index (κ1) is 13.3. The molecule has 0 saturated heterocycles. The highest BCUT2D eigenvalue weighted by Crippen LogP contribution is 2.32. The van der Waals surface area contributed by atoms with Gasteiger partial charge in [-0.1, -0.05) is 19.8 Å². The van der Waals surface area contributed by atoms with Crippen molar-refractivity contribution in [3.8, 4) is 11.8 Å². The Balaban J connectivity index is 2.23. The van der Waals surface area contributed by atoms with Crippen LogP contribution in [0.15, 0.2) is 0 Å². The Bertz CT molecular complexity index is 261. The standard InChI is InChI=1S/C15H24O/c1-3-5-6-8-15(16)14-11-9-13(7-4-2)10-12-14/h13-14H,4,6-12H2,1-2H3. The predicted octanol–water partition coefficient (Wildman–Crippen LogP) is 3.97. The second kappa shape index (κ2) is 7.49. The van der Waals surface area contributed by atoms with E-state index in [4.69, 9.17) is 0 Å². The van der Waals surface area contributed by atoms with Gasteiger partial charge in [0.15, 0.2) is 0 Å². The smallest absolute Gasteiger partial charge is 0.136 e. The Kier molecular flexibility index (Phi) is 6.23. The first-order chi connectivity index (χ1) is 7.77. The van der Waals surface area contributed by atoms with Gasteiger partial charge in [-0.05, 0) is 38.5 Å². The van der Waals surface area contributed by atoms with Gasteiger partial charge >= 0.3 is 0 Å². The Morgan fingerprint density at radius 2 is 1.94 bits per heavy atom. The molecular formula is C15H24O. The summed E-state index contributed by atoms with van der Waals surface area (Å²) in [5.74, 6) is 7.53. The zero-order valence-electron chi connectivity index (χ0n) is 10.7. The summed E-state index contributed by atoms with van der Waals surface area (Å²) in [5.41, 5.74) is 0. The van der Waals surface area contributed by atoms with Crippen LogP contribution >= 0.6 is 0 Å². The maximum absolute atomic E-state index is 11.9. The Labute approximate surface area is 100 Å². The van der Waals surface area contributed by atoms with Gasteiger partial charge in [0.2, 0.25) is 0 Å². The molecule has 0 atom stereocenters. The fraction of sp³-hybridized carbons (Fsp3) is 0.800. The van der Waals surface area contributed by atoms with E-state index < -0.39 is 0 Å². The zero-order chi connectivity index (χ0) is 11.8. The van der Waals surface area contributed by atoms with Crippen LogP contribution in [0.4, 0.5) is 0 Å². The van der Waals surface area contributed by atoms with Gasteiger partial charge in [-0.2, -0.15) is 0 Å². The SMILES string of the molecule is CC#CCCC(=O)C1CCC(CCC)CC1. The molecule has 1 rings (SSSR count). The lowest BCUT2D eigenvalue weighted by molar-refractivity contribution is -0.124. The maximum Gasteiger partial charge on any atom is 0.136 e. The Morgan fingerprint density at radius 3 is 2.50 bits per heavy atom. The fourth-order valence-electron chi connectivity index (χ4n) is 2.70. The van der Waals surface area contributed by atoms with Crippen LogP contribution in [0.3, 0.4) is 0 Å². The van der Waals surface area contributed by atoms with E-state index in [0.29, 0.717) is 18.1 Å². The lowest BCUT2D eigenvalue weighted by Crippen LogP contribution is -2.21. The summed E-state index contributed by atoms with van der Waals surface area (Å²) in [5, 5.41) is 0. The minimum absolute atomic E-state index is 0.353. The van der Waals surface area contributed by atoms with Crippen molar-refractivity contribution in [1.82, 2.24) is 0 Å². The van der Waals surface area contributed by atoms with Crippen molar-refractivity contribution >= 4 is 5.78 Å². The number of Topliss-reactive ketones (excluding diaryl/α,β-unsaturated/α-hetero) is 1. The van der Waals surface area contributed by atoms with Crippen LogP contribution in [0.5, 0.6) is 0 Å². The van der Waals surface area contributed by atoms with E-state index in [1.165, 1.54) is 25.7 Å². The number of hydrogen-bond acceptors (Lipinski definition) is 1. The van der Waals surface area contributed by atoms with Crippen molar-refractivity contribution in [3.05, 3.63) is 0 Å². The molecule has 0 amide bonds. The number of carbonyl (C=O) groups excluding carboxylic acids is 1. The van der Waals surface area contributed by atoms with Gasteiger partial charge in [0.05, 0.1) is 0 Å². The van der Waals surface area contributed by atoms with Crippen molar-refractivity contribution in [2.24, 2.45) is 11.8 Å². The first-order valence-electron chi connectivity index (χ1n) is 6.70. The van der Waals surface area contributed by atoms with E-state index in [-0.39, 0.29) is 0 Å². The molecule has 0 heterocycles. The van der Waals surface area contributed by atoms with Crippen molar-refractivity contribution in [2.45, 2.75) is 65.2 Å². The second-order valence-corrected chi connectivity index (χ2v) is 4.90. The van der Waals surface area contributed by atoms with Crippen LogP contribution in [0.25, 0.3) is 0 Å². The van der Waals surface area contributed by atoms with Gasteiger partial charge in [-0.25, -0.2) is 0 Å². The van der Waals surface area contributed by atoms with E-state index >= 15 is 0 Å². The zero-order valence-corrected chi connectivity index (χ0v) is 10.7. The molecular weight excluding hydrogens is 196 g/mol. The summed E-state index contributed by atoms with van der Waals surface area (Å²) < 4.78 is 0. The van der Waals surface area contributed by atoms with Crippen LogP contribution in [0, 0.1) is 23.7 Å². The largest absolute Gasteiger partial charge is 0.299 e. The average molecular weight is 220 g/mol. The van der Waals surface area contributed by atoms with Gasteiger partial charge < -0.3 is 0 Å². The minimum atomic E-state index is 0.353. The van der Waals surface area contributed by atoms with E-state index in [2.05, 4.69) is 18.8 Å². The molecule has 0 aromatic rings. The average Bonchev–Trinajstić information content (AvgIpc) is 2.30. The summed E-state index contributed by atoms with van der Waals surface area (Å²) in [6, 6.07) is 0. The number of ketones is 1. The van der Waals surface area contributed by atoms with Crippen LogP contribution < -0.4 is 0 Å². The lowest BCUT2D eigenvalue weighted by atomic mass is 9.78. The topological polar surface area (TPSA) is 17.1 Å². The summed E-state index contributed by atoms with van der Waals surface area (Å²) >= 11 is 0. The fourth-order valence-corrected chi connectivity index (χ4v) is 2.70. The third kappa shape index (κ3) is 4.39. The Morgan fingerprint density at radius 1 is 1.25 bits per heavy atom. The van der Waals surface area contributed by atoms with Gasteiger partial charge in [0.1, 0.15) is 5.78 Å². The molecule has 1 aliphatic rings. The van der Waals surface area contributed by atoms with E-state index in [0.717, 1.165) is 25.2 Å². The summed E-state index contributed by atoms with van der Waals surface area (Å²) in [4.78, 5) is 11.9. The van der Waals surface area contributed by atoms with E-state index in [1.54, 1.807) is 0 Å². The van der Waals surface area contributed by atoms with Crippen LogP contribution in [0.1, 0.15) is 65.2 Å². The van der Waals surface area contributed by atoms with Crippen molar-refractivity contribution in [3.63, 3.8) is 0 Å². The quantitative estimate of drug-likeness (QED) is 0.641. The number of carbonyl (C=O) groups is 1. The Hall–Kier alpha value is -0.770. The molecule has 1 aliphatic carbocycles. The highest BCUT2D eigenvalue weighted by molar-refractivity contribution is 5.81. The van der Waals surface area contributed by atoms with Crippen LogP contribution in [0.2, 0.25) is 0 Å². The molecule has 0 aromatic carbocycles. The molecule has 0 spiro atoms. The van der Waals surface area contributed by atoms with Crippen LogP contribution in [-0.4, -0.2) is 5.78 Å². The molecule has 0 aromatic heterocycles. The van der Waals surface area contributed by atoms with E-state index in [1.807, 2.05) is 6.92 Å². The van der Waals surface area contributed by atoms with Gasteiger partial charge in [-0.15, -0.1) is 11.8 Å². The minimum Gasteiger partial charge on any atom is -0.299 e. The lowest BCUT2D eigenvalue weighted by Gasteiger charge is -2.27. The normalized spacial score (nSPS) is 24.6. The highest BCUT2D eigenvalue weighted by Gasteiger charge is 2.24. The molecule has 1 fully saturated rings.